The van der Waals surface area contributed by atoms with E-state index in [1.807, 2.05) is 35.8 Å². The Labute approximate surface area is 163 Å². The SMILES string of the molecule is CCOc1ccc(-c2cncn2-c2ccc(S(=O)(=O)COC(C)=O)cc2)cc1. The fourth-order valence-corrected chi connectivity index (χ4v) is 3.65. The average Bonchev–Trinajstić information content (AvgIpc) is 3.17. The summed E-state index contributed by atoms with van der Waals surface area (Å²) in [7, 11) is -3.70. The maximum Gasteiger partial charge on any atom is 0.303 e. The molecule has 3 aromatic rings. The normalized spacial score (nSPS) is 11.2. The summed E-state index contributed by atoms with van der Waals surface area (Å²) in [5.74, 6) is -0.525. The van der Waals surface area contributed by atoms with Crippen LogP contribution >= 0.6 is 0 Å². The number of carbonyl (C=O) groups is 1. The second kappa shape index (κ2) is 8.26. The van der Waals surface area contributed by atoms with Crippen LogP contribution in [0.4, 0.5) is 0 Å². The van der Waals surface area contributed by atoms with Crippen LogP contribution < -0.4 is 4.74 Å². The highest BCUT2D eigenvalue weighted by Crippen LogP contribution is 2.25. The van der Waals surface area contributed by atoms with Gasteiger partial charge in [0, 0.05) is 18.2 Å². The number of sulfone groups is 1. The number of hydrogen-bond donors (Lipinski definition) is 0. The van der Waals surface area contributed by atoms with E-state index in [0.29, 0.717) is 6.61 Å². The second-order valence-corrected chi connectivity index (χ2v) is 7.91. The predicted octanol–water partition coefficient (Wildman–Crippen LogP) is 3.23. The number of carbonyl (C=O) groups excluding carboxylic acids is 1. The number of ether oxygens (including phenoxy) is 2. The minimum atomic E-state index is -3.70. The molecule has 3 rings (SSSR count). The number of hydrogen-bond acceptors (Lipinski definition) is 6. The van der Waals surface area contributed by atoms with Crippen molar-refractivity contribution in [3.8, 4) is 22.7 Å². The first-order chi connectivity index (χ1) is 13.4. The van der Waals surface area contributed by atoms with Crippen molar-refractivity contribution in [2.24, 2.45) is 0 Å². The molecule has 146 valence electrons. The molecule has 0 bridgehead atoms. The van der Waals surface area contributed by atoms with Gasteiger partial charge in [-0.1, -0.05) is 0 Å². The quantitative estimate of drug-likeness (QED) is 0.566. The molecule has 0 saturated carbocycles. The van der Waals surface area contributed by atoms with E-state index in [-0.39, 0.29) is 4.90 Å². The summed E-state index contributed by atoms with van der Waals surface area (Å²) in [6.07, 6.45) is 3.40. The fourth-order valence-electron chi connectivity index (χ4n) is 2.65. The van der Waals surface area contributed by atoms with Crippen molar-refractivity contribution >= 4 is 15.8 Å². The molecule has 7 nitrogen and oxygen atoms in total. The van der Waals surface area contributed by atoms with Gasteiger partial charge < -0.3 is 9.47 Å². The lowest BCUT2D eigenvalue weighted by atomic mass is 10.1. The van der Waals surface area contributed by atoms with Gasteiger partial charge in [-0.05, 0) is 55.5 Å². The molecule has 28 heavy (non-hydrogen) atoms. The Balaban J connectivity index is 1.86. The number of imidazole rings is 1. The molecule has 8 heteroatoms. The molecule has 0 amide bonds. The van der Waals surface area contributed by atoms with E-state index in [2.05, 4.69) is 9.72 Å². The van der Waals surface area contributed by atoms with Crippen molar-refractivity contribution in [3.05, 3.63) is 61.1 Å². The van der Waals surface area contributed by atoms with E-state index in [9.17, 15) is 13.2 Å². The average molecular weight is 400 g/mol. The third kappa shape index (κ3) is 4.40. The number of esters is 1. The van der Waals surface area contributed by atoms with Gasteiger partial charge in [0.2, 0.25) is 9.84 Å². The van der Waals surface area contributed by atoms with Crippen LogP contribution in [0.2, 0.25) is 0 Å². The molecule has 0 fully saturated rings. The molecule has 1 heterocycles. The molecule has 0 aliphatic rings. The van der Waals surface area contributed by atoms with Crippen LogP contribution in [0.5, 0.6) is 5.75 Å². The minimum absolute atomic E-state index is 0.0835. The summed E-state index contributed by atoms with van der Waals surface area (Å²) in [6.45, 7) is 3.70. The number of rotatable bonds is 7. The number of aromatic nitrogens is 2. The zero-order valence-corrected chi connectivity index (χ0v) is 16.3. The summed E-state index contributed by atoms with van der Waals surface area (Å²) in [5.41, 5.74) is 2.57. The van der Waals surface area contributed by atoms with Crippen LogP contribution in [0, 0.1) is 0 Å². The highest BCUT2D eigenvalue weighted by molar-refractivity contribution is 7.91. The maximum absolute atomic E-state index is 12.2. The van der Waals surface area contributed by atoms with E-state index in [1.54, 1.807) is 24.7 Å². The lowest BCUT2D eigenvalue weighted by Gasteiger charge is -2.10. The largest absolute Gasteiger partial charge is 0.494 e. The highest BCUT2D eigenvalue weighted by Gasteiger charge is 2.16. The zero-order valence-electron chi connectivity index (χ0n) is 15.5. The van der Waals surface area contributed by atoms with Gasteiger partial charge in [-0.2, -0.15) is 0 Å². The summed E-state index contributed by atoms with van der Waals surface area (Å²) >= 11 is 0. The second-order valence-electron chi connectivity index (χ2n) is 5.97. The minimum Gasteiger partial charge on any atom is -0.494 e. The third-order valence-electron chi connectivity index (χ3n) is 3.99. The molecule has 0 atom stereocenters. The lowest BCUT2D eigenvalue weighted by molar-refractivity contribution is -0.138. The maximum atomic E-state index is 12.2. The molecular weight excluding hydrogens is 380 g/mol. The monoisotopic (exact) mass is 400 g/mol. The fraction of sp³-hybridized carbons (Fsp3) is 0.200. The molecule has 0 spiro atoms. The summed E-state index contributed by atoms with van der Waals surface area (Å²) in [6, 6.07) is 14.0. The summed E-state index contributed by atoms with van der Waals surface area (Å²) in [5, 5.41) is 0. The van der Waals surface area contributed by atoms with Crippen LogP contribution in [-0.2, 0) is 19.4 Å². The van der Waals surface area contributed by atoms with Gasteiger partial charge in [0.15, 0.2) is 5.94 Å². The van der Waals surface area contributed by atoms with Crippen LogP contribution in [0.1, 0.15) is 13.8 Å². The molecule has 2 aromatic carbocycles. The van der Waals surface area contributed by atoms with E-state index in [4.69, 9.17) is 4.74 Å². The summed E-state index contributed by atoms with van der Waals surface area (Å²) in [4.78, 5) is 15.1. The number of benzene rings is 2. The van der Waals surface area contributed by atoms with Crippen molar-refractivity contribution in [1.29, 1.82) is 0 Å². The van der Waals surface area contributed by atoms with Crippen molar-refractivity contribution in [1.82, 2.24) is 9.55 Å². The van der Waals surface area contributed by atoms with E-state index in [1.165, 1.54) is 19.1 Å². The Kier molecular flexibility index (Phi) is 5.79. The van der Waals surface area contributed by atoms with Crippen LogP contribution in [-0.4, -0.2) is 36.5 Å². The van der Waals surface area contributed by atoms with Crippen molar-refractivity contribution in [3.63, 3.8) is 0 Å². The topological polar surface area (TPSA) is 87.5 Å². The van der Waals surface area contributed by atoms with E-state index in [0.717, 1.165) is 22.7 Å². The number of nitrogens with zero attached hydrogens (tertiary/aromatic N) is 2. The third-order valence-corrected chi connectivity index (χ3v) is 5.41. The van der Waals surface area contributed by atoms with Crippen molar-refractivity contribution in [2.45, 2.75) is 18.7 Å². The Morgan fingerprint density at radius 3 is 2.36 bits per heavy atom. The van der Waals surface area contributed by atoms with Gasteiger partial charge in [-0.25, -0.2) is 13.4 Å². The van der Waals surface area contributed by atoms with Crippen molar-refractivity contribution in [2.75, 3.05) is 12.5 Å². The molecular formula is C20H20N2O5S. The summed E-state index contributed by atoms with van der Waals surface area (Å²) < 4.78 is 36.3. The van der Waals surface area contributed by atoms with Gasteiger partial charge in [0.05, 0.1) is 29.7 Å². The Morgan fingerprint density at radius 2 is 1.75 bits per heavy atom. The van der Waals surface area contributed by atoms with Gasteiger partial charge >= 0.3 is 5.97 Å². The molecule has 0 aliphatic heterocycles. The molecule has 0 radical (unpaired) electrons. The van der Waals surface area contributed by atoms with Gasteiger partial charge in [0.25, 0.3) is 0 Å². The van der Waals surface area contributed by atoms with E-state index >= 15 is 0 Å². The van der Waals surface area contributed by atoms with Gasteiger partial charge in [-0.15, -0.1) is 0 Å². The molecule has 0 N–H and O–H groups in total. The van der Waals surface area contributed by atoms with Gasteiger partial charge in [-0.3, -0.25) is 9.36 Å². The predicted molar refractivity (Wildman–Crippen MR) is 104 cm³/mol. The van der Waals surface area contributed by atoms with Gasteiger partial charge in [0.1, 0.15) is 5.75 Å². The molecule has 0 unspecified atom stereocenters. The van der Waals surface area contributed by atoms with Crippen molar-refractivity contribution < 1.29 is 22.7 Å². The smallest absolute Gasteiger partial charge is 0.303 e. The standard InChI is InChI=1S/C20H20N2O5S/c1-3-26-18-8-4-16(5-9-18)20-12-21-13-22(20)17-6-10-19(11-7-17)28(24,25)14-27-15(2)23/h4-13H,3,14H2,1-2H3. The lowest BCUT2D eigenvalue weighted by Crippen LogP contribution is -2.12. The van der Waals surface area contributed by atoms with Crippen LogP contribution in [0.15, 0.2) is 66.0 Å². The molecule has 0 aliphatic carbocycles. The first kappa shape index (κ1) is 19.6. The zero-order chi connectivity index (χ0) is 20.1. The first-order valence-corrected chi connectivity index (χ1v) is 10.3. The highest BCUT2D eigenvalue weighted by atomic mass is 32.2. The Morgan fingerprint density at radius 1 is 1.07 bits per heavy atom. The Hall–Kier alpha value is -3.13. The van der Waals surface area contributed by atoms with Crippen LogP contribution in [0.25, 0.3) is 16.9 Å². The van der Waals surface area contributed by atoms with E-state index < -0.39 is 21.7 Å². The molecule has 0 saturated heterocycles. The first-order valence-electron chi connectivity index (χ1n) is 8.63. The Bertz CT molecular complexity index is 1050. The molecule has 1 aromatic heterocycles. The van der Waals surface area contributed by atoms with Crippen LogP contribution in [0.3, 0.4) is 0 Å².